The van der Waals surface area contributed by atoms with Crippen molar-refractivity contribution in [2.24, 2.45) is 0 Å². The van der Waals surface area contributed by atoms with Crippen LogP contribution in [0.4, 0.5) is 0 Å². The summed E-state index contributed by atoms with van der Waals surface area (Å²) in [6.45, 7) is 3.18. The Hall–Kier alpha value is -2.98. The summed E-state index contributed by atoms with van der Waals surface area (Å²) >= 11 is 12.2. The van der Waals surface area contributed by atoms with Crippen molar-refractivity contribution in [2.75, 3.05) is 6.61 Å². The number of nitrogens with zero attached hydrogens (tertiary/aromatic N) is 2. The van der Waals surface area contributed by atoms with E-state index < -0.39 is 11.4 Å². The minimum Gasteiger partial charge on any atom is -0.493 e. The molecule has 0 saturated heterocycles. The second kappa shape index (κ2) is 7.95. The number of aromatic hydroxyl groups is 1. The summed E-state index contributed by atoms with van der Waals surface area (Å²) in [6.07, 6.45) is 1.42. The molecule has 0 spiro atoms. The zero-order valence-electron chi connectivity index (χ0n) is 14.4. The van der Waals surface area contributed by atoms with E-state index in [1.54, 1.807) is 30.3 Å². The molecular formula is C20H14Cl2N2O4. The van der Waals surface area contributed by atoms with Gasteiger partial charge in [0.05, 0.1) is 23.4 Å². The van der Waals surface area contributed by atoms with Gasteiger partial charge in [-0.05, 0) is 36.4 Å². The van der Waals surface area contributed by atoms with Gasteiger partial charge in [-0.2, -0.15) is 5.26 Å². The van der Waals surface area contributed by atoms with Crippen LogP contribution in [-0.2, 0) is 6.54 Å². The second-order valence-electron chi connectivity index (χ2n) is 5.85. The lowest BCUT2D eigenvalue weighted by molar-refractivity contribution is 0.263. The highest BCUT2D eigenvalue weighted by atomic mass is 35.5. The first-order valence-corrected chi connectivity index (χ1v) is 8.85. The van der Waals surface area contributed by atoms with E-state index in [1.165, 1.54) is 6.08 Å². The van der Waals surface area contributed by atoms with Crippen molar-refractivity contribution in [2.45, 2.75) is 6.54 Å². The minimum absolute atomic E-state index is 0.0675. The Morgan fingerprint density at radius 1 is 1.29 bits per heavy atom. The fourth-order valence-electron chi connectivity index (χ4n) is 2.75. The molecule has 0 bridgehead atoms. The van der Waals surface area contributed by atoms with Gasteiger partial charge >= 0.3 is 0 Å². The monoisotopic (exact) mass is 416 g/mol. The molecule has 3 aromatic rings. The van der Waals surface area contributed by atoms with E-state index in [1.807, 2.05) is 6.07 Å². The fraction of sp³-hybridized carbons (Fsp3) is 0.100. The molecule has 142 valence electrons. The van der Waals surface area contributed by atoms with Crippen LogP contribution in [0.3, 0.4) is 0 Å². The highest BCUT2D eigenvalue weighted by Crippen LogP contribution is 2.31. The summed E-state index contributed by atoms with van der Waals surface area (Å²) in [6, 6.07) is 10.1. The highest BCUT2D eigenvalue weighted by molar-refractivity contribution is 6.35. The first-order chi connectivity index (χ1) is 13.4. The third-order valence-electron chi connectivity index (χ3n) is 4.12. The molecule has 0 saturated carbocycles. The first kappa shape index (κ1) is 19.8. The van der Waals surface area contributed by atoms with Crippen LogP contribution in [0.5, 0.6) is 5.88 Å². The maximum absolute atomic E-state index is 12.7. The van der Waals surface area contributed by atoms with Gasteiger partial charge in [-0.3, -0.25) is 9.36 Å². The third kappa shape index (κ3) is 3.56. The van der Waals surface area contributed by atoms with Crippen molar-refractivity contribution < 1.29 is 14.6 Å². The Labute approximate surface area is 169 Å². The number of aliphatic hydroxyl groups is 1. The third-order valence-corrected chi connectivity index (χ3v) is 4.69. The molecule has 2 aromatic heterocycles. The molecule has 8 heteroatoms. The van der Waals surface area contributed by atoms with E-state index in [0.29, 0.717) is 27.1 Å². The fourth-order valence-corrected chi connectivity index (χ4v) is 3.14. The normalized spacial score (nSPS) is 11.6. The van der Waals surface area contributed by atoms with Crippen LogP contribution in [0.1, 0.15) is 11.3 Å². The van der Waals surface area contributed by atoms with Crippen LogP contribution in [0.25, 0.3) is 24.0 Å². The topological polar surface area (TPSA) is 99.4 Å². The number of hydrogen-bond acceptors (Lipinski definition) is 5. The Morgan fingerprint density at radius 3 is 2.71 bits per heavy atom. The zero-order valence-corrected chi connectivity index (χ0v) is 16.0. The molecule has 0 fully saturated rings. The summed E-state index contributed by atoms with van der Waals surface area (Å²) in [7, 11) is 0. The average molecular weight is 417 g/mol. The number of furan rings is 1. The number of nitriles is 1. The van der Waals surface area contributed by atoms with Crippen LogP contribution in [0, 0.1) is 11.3 Å². The summed E-state index contributed by atoms with van der Waals surface area (Å²) in [5.74, 6) is 0.229. The van der Waals surface area contributed by atoms with Crippen LogP contribution >= 0.6 is 23.2 Å². The number of rotatable bonds is 4. The molecule has 0 atom stereocenters. The molecule has 3 rings (SSSR count). The largest absolute Gasteiger partial charge is 0.493 e. The summed E-state index contributed by atoms with van der Waals surface area (Å²) < 4.78 is 6.67. The number of aliphatic hydroxyl groups excluding tert-OH is 1. The predicted molar refractivity (Wildman–Crippen MR) is 107 cm³/mol. The number of halogens is 2. The average Bonchev–Trinajstić information content (AvgIpc) is 3.13. The number of aromatic nitrogens is 1. The van der Waals surface area contributed by atoms with Crippen molar-refractivity contribution >= 4 is 35.9 Å². The van der Waals surface area contributed by atoms with Crippen molar-refractivity contribution in [1.29, 1.82) is 5.26 Å². The van der Waals surface area contributed by atoms with E-state index >= 15 is 0 Å². The van der Waals surface area contributed by atoms with Crippen LogP contribution in [-0.4, -0.2) is 21.4 Å². The summed E-state index contributed by atoms with van der Waals surface area (Å²) in [5.41, 5.74) is -0.164. The van der Waals surface area contributed by atoms with E-state index in [4.69, 9.17) is 32.7 Å². The summed E-state index contributed by atoms with van der Waals surface area (Å²) in [5, 5.41) is 29.6. The lowest BCUT2D eigenvalue weighted by Crippen LogP contribution is -2.46. The lowest BCUT2D eigenvalue weighted by atomic mass is 10.1. The molecule has 0 aliphatic heterocycles. The van der Waals surface area contributed by atoms with E-state index in [0.717, 1.165) is 4.57 Å². The van der Waals surface area contributed by atoms with E-state index in [-0.39, 0.29) is 29.2 Å². The number of hydrogen-bond donors (Lipinski definition) is 2. The van der Waals surface area contributed by atoms with Gasteiger partial charge in [0.1, 0.15) is 23.2 Å². The van der Waals surface area contributed by atoms with Gasteiger partial charge in [-0.15, -0.1) is 0 Å². The molecule has 0 aliphatic carbocycles. The Kier molecular flexibility index (Phi) is 5.61. The summed E-state index contributed by atoms with van der Waals surface area (Å²) in [4.78, 5) is 12.7. The van der Waals surface area contributed by atoms with Gasteiger partial charge in [0, 0.05) is 15.8 Å². The van der Waals surface area contributed by atoms with Crippen molar-refractivity contribution in [3.63, 3.8) is 0 Å². The quantitative estimate of drug-likeness (QED) is 0.679. The maximum Gasteiger partial charge on any atom is 0.261 e. The van der Waals surface area contributed by atoms with Crippen LogP contribution in [0.15, 0.2) is 39.5 Å². The predicted octanol–water partition coefficient (Wildman–Crippen LogP) is 2.22. The molecule has 2 heterocycles. The Balaban J connectivity index is 2.21. The number of pyridine rings is 1. The highest BCUT2D eigenvalue weighted by Gasteiger charge is 2.14. The molecule has 2 N–H and O–H groups in total. The molecular weight excluding hydrogens is 403 g/mol. The van der Waals surface area contributed by atoms with Gasteiger partial charge in [0.2, 0.25) is 5.88 Å². The van der Waals surface area contributed by atoms with E-state index in [9.17, 15) is 15.2 Å². The van der Waals surface area contributed by atoms with E-state index in [2.05, 4.69) is 6.58 Å². The zero-order chi connectivity index (χ0) is 20.4. The SMILES string of the molecule is C=c1c(C#N)c(O)n(CCO)c(=O)c1=Cc1ccc(-c2cc(Cl)ccc2Cl)o1. The Bertz CT molecular complexity index is 1270. The van der Waals surface area contributed by atoms with Gasteiger partial charge in [0.15, 0.2) is 0 Å². The molecule has 0 radical (unpaired) electrons. The standard InChI is InChI=1S/C20H14Cl2N2O4/c1-11-14(19(26)24(6-7-25)20(27)16(11)10-23)9-13-3-5-18(28-13)15-8-12(21)2-4-17(15)22/h2-5,8-9,25,27H,1,6-7H2. The van der Waals surface area contributed by atoms with Gasteiger partial charge in [0.25, 0.3) is 5.56 Å². The lowest BCUT2D eigenvalue weighted by Gasteiger charge is -2.08. The molecule has 0 unspecified atom stereocenters. The minimum atomic E-state index is -0.603. The van der Waals surface area contributed by atoms with Crippen molar-refractivity contribution in [3.05, 3.63) is 72.5 Å². The van der Waals surface area contributed by atoms with Crippen LogP contribution in [0.2, 0.25) is 10.0 Å². The van der Waals surface area contributed by atoms with Gasteiger partial charge < -0.3 is 14.6 Å². The molecule has 6 nitrogen and oxygen atoms in total. The first-order valence-electron chi connectivity index (χ1n) is 8.10. The maximum atomic E-state index is 12.7. The molecule has 28 heavy (non-hydrogen) atoms. The smallest absolute Gasteiger partial charge is 0.261 e. The van der Waals surface area contributed by atoms with Crippen molar-refractivity contribution in [1.82, 2.24) is 4.57 Å². The number of benzene rings is 1. The second-order valence-corrected chi connectivity index (χ2v) is 6.70. The van der Waals surface area contributed by atoms with Crippen LogP contribution < -0.4 is 16.0 Å². The molecule has 0 amide bonds. The van der Waals surface area contributed by atoms with Crippen molar-refractivity contribution in [3.8, 4) is 23.3 Å². The van der Waals surface area contributed by atoms with Gasteiger partial charge in [-0.1, -0.05) is 29.8 Å². The Morgan fingerprint density at radius 2 is 2.04 bits per heavy atom. The molecule has 1 aromatic carbocycles. The molecule has 0 aliphatic rings. The van der Waals surface area contributed by atoms with Gasteiger partial charge in [-0.25, -0.2) is 0 Å².